The number of nitrogens with zero attached hydrogens (tertiary/aromatic N) is 2. The van der Waals surface area contributed by atoms with Crippen molar-refractivity contribution in [1.29, 1.82) is 0 Å². The molecule has 2 aliphatic heterocycles. The largest absolute Gasteiger partial charge is 0.497 e. The third-order valence-corrected chi connectivity index (χ3v) is 9.56. The van der Waals surface area contributed by atoms with Crippen LogP contribution in [-0.2, 0) is 22.9 Å². The summed E-state index contributed by atoms with van der Waals surface area (Å²) in [5.74, 6) is 0.258. The minimum Gasteiger partial charge on any atom is -0.497 e. The smallest absolute Gasteiger partial charge is 0.264 e. The SMILES string of the molecule is COc1ccc(C(=O)N2CCc3ccc(NC(=O)c4ccc5c(c4)C[C@H](C)N5S(=O)(=O)c4ccccc4)cc32)cc1. The Morgan fingerprint density at radius 2 is 1.59 bits per heavy atom. The summed E-state index contributed by atoms with van der Waals surface area (Å²) in [7, 11) is -2.15. The van der Waals surface area contributed by atoms with Crippen LogP contribution in [0.2, 0.25) is 0 Å². The molecule has 0 saturated carbocycles. The average Bonchev–Trinajstić information content (AvgIpc) is 3.57. The van der Waals surface area contributed by atoms with Crippen LogP contribution in [0.25, 0.3) is 0 Å². The molecule has 0 aromatic heterocycles. The third-order valence-electron chi connectivity index (χ3n) is 7.62. The van der Waals surface area contributed by atoms with Crippen molar-refractivity contribution >= 4 is 38.9 Å². The zero-order valence-corrected chi connectivity index (χ0v) is 23.5. The van der Waals surface area contributed by atoms with Crippen molar-refractivity contribution in [2.75, 3.05) is 28.2 Å². The standard InChI is InChI=1S/C32H29N3O5S/c1-21-18-25-19-24(11-15-29(25)35(21)41(38,39)28-6-4-3-5-7-28)31(36)33-26-12-8-22-16-17-34(30(22)20-26)32(37)23-9-13-27(40-2)14-10-23/h3-15,19-21H,16-18H2,1-2H3,(H,33,36)/t21-/m0/s1. The molecule has 6 rings (SSSR count). The summed E-state index contributed by atoms with van der Waals surface area (Å²) in [6.45, 7) is 2.42. The monoisotopic (exact) mass is 567 g/mol. The lowest BCUT2D eigenvalue weighted by Crippen LogP contribution is -2.35. The van der Waals surface area contributed by atoms with Crippen LogP contribution >= 0.6 is 0 Å². The van der Waals surface area contributed by atoms with Crippen molar-refractivity contribution in [3.05, 3.63) is 113 Å². The molecular formula is C32H29N3O5S. The summed E-state index contributed by atoms with van der Waals surface area (Å²) in [5.41, 5.74) is 4.76. The maximum absolute atomic E-state index is 13.4. The highest BCUT2D eigenvalue weighted by molar-refractivity contribution is 7.92. The van der Waals surface area contributed by atoms with Crippen molar-refractivity contribution in [1.82, 2.24) is 0 Å². The van der Waals surface area contributed by atoms with E-state index in [0.717, 1.165) is 23.2 Å². The van der Waals surface area contributed by atoms with Gasteiger partial charge in [0.05, 0.1) is 17.7 Å². The Morgan fingerprint density at radius 1 is 0.854 bits per heavy atom. The van der Waals surface area contributed by atoms with Gasteiger partial charge in [0.2, 0.25) is 0 Å². The summed E-state index contributed by atoms with van der Waals surface area (Å²) in [4.78, 5) is 28.5. The van der Waals surface area contributed by atoms with Gasteiger partial charge >= 0.3 is 0 Å². The number of benzene rings is 4. The summed E-state index contributed by atoms with van der Waals surface area (Å²) >= 11 is 0. The predicted octanol–water partition coefficient (Wildman–Crippen LogP) is 5.29. The fraction of sp³-hybridized carbons (Fsp3) is 0.188. The van der Waals surface area contributed by atoms with Crippen molar-refractivity contribution in [2.45, 2.75) is 30.7 Å². The second kappa shape index (κ2) is 10.4. The third kappa shape index (κ3) is 4.82. The predicted molar refractivity (Wildman–Crippen MR) is 158 cm³/mol. The van der Waals surface area contributed by atoms with Crippen LogP contribution < -0.4 is 19.3 Å². The zero-order chi connectivity index (χ0) is 28.7. The quantitative estimate of drug-likeness (QED) is 0.342. The maximum atomic E-state index is 13.4. The minimum absolute atomic E-state index is 0.113. The highest BCUT2D eigenvalue weighted by Crippen LogP contribution is 2.38. The molecule has 2 amide bonds. The number of ether oxygens (including phenoxy) is 1. The van der Waals surface area contributed by atoms with Crippen LogP contribution in [0.3, 0.4) is 0 Å². The number of hydrogen-bond donors (Lipinski definition) is 1. The number of nitrogens with one attached hydrogen (secondary N) is 1. The van der Waals surface area contributed by atoms with E-state index in [2.05, 4.69) is 5.32 Å². The van der Waals surface area contributed by atoms with Gasteiger partial charge in [0, 0.05) is 35.1 Å². The minimum atomic E-state index is -3.73. The molecule has 0 saturated heterocycles. The molecule has 2 aliphatic rings. The molecule has 4 aromatic rings. The first-order valence-electron chi connectivity index (χ1n) is 13.4. The van der Waals surface area contributed by atoms with E-state index in [1.807, 2.05) is 25.1 Å². The number of methoxy groups -OCH3 is 1. The Morgan fingerprint density at radius 3 is 2.32 bits per heavy atom. The van der Waals surface area contributed by atoms with Crippen LogP contribution in [-0.4, -0.2) is 39.9 Å². The van der Waals surface area contributed by atoms with Gasteiger partial charge in [0.25, 0.3) is 21.8 Å². The molecule has 41 heavy (non-hydrogen) atoms. The Hall–Kier alpha value is -4.63. The van der Waals surface area contributed by atoms with E-state index in [9.17, 15) is 18.0 Å². The molecular weight excluding hydrogens is 538 g/mol. The van der Waals surface area contributed by atoms with E-state index >= 15 is 0 Å². The number of carbonyl (C=O) groups excluding carboxylic acids is 2. The summed E-state index contributed by atoms with van der Waals surface area (Å²) in [5, 5.41) is 2.95. The molecule has 0 aliphatic carbocycles. The molecule has 1 N–H and O–H groups in total. The van der Waals surface area contributed by atoms with Crippen molar-refractivity contribution in [2.24, 2.45) is 0 Å². The van der Waals surface area contributed by atoms with Crippen LogP contribution in [0, 0.1) is 0 Å². The molecule has 9 heteroatoms. The van der Waals surface area contributed by atoms with Gasteiger partial charge in [-0.2, -0.15) is 0 Å². The van der Waals surface area contributed by atoms with Gasteiger partial charge in [-0.15, -0.1) is 0 Å². The molecule has 208 valence electrons. The number of amides is 2. The molecule has 1 atom stereocenters. The lowest BCUT2D eigenvalue weighted by atomic mass is 10.1. The molecule has 8 nitrogen and oxygen atoms in total. The van der Waals surface area contributed by atoms with Crippen molar-refractivity contribution < 1.29 is 22.7 Å². The fourth-order valence-electron chi connectivity index (χ4n) is 5.58. The molecule has 0 fully saturated rings. The molecule has 0 spiro atoms. The Bertz CT molecular complexity index is 1750. The van der Waals surface area contributed by atoms with E-state index in [1.54, 1.807) is 84.8 Å². The fourth-order valence-corrected chi connectivity index (χ4v) is 7.29. The second-order valence-electron chi connectivity index (χ2n) is 10.2. The van der Waals surface area contributed by atoms with Crippen LogP contribution in [0.4, 0.5) is 17.1 Å². The summed E-state index contributed by atoms with van der Waals surface area (Å²) in [6, 6.07) is 25.8. The van der Waals surface area contributed by atoms with E-state index in [1.165, 1.54) is 4.31 Å². The Labute approximate surface area is 239 Å². The van der Waals surface area contributed by atoms with E-state index < -0.39 is 10.0 Å². The van der Waals surface area contributed by atoms with Crippen LogP contribution in [0.1, 0.15) is 38.8 Å². The van der Waals surface area contributed by atoms with E-state index in [-0.39, 0.29) is 22.8 Å². The summed E-state index contributed by atoms with van der Waals surface area (Å²) in [6.07, 6.45) is 1.24. The first-order valence-corrected chi connectivity index (χ1v) is 14.8. The lowest BCUT2D eigenvalue weighted by molar-refractivity contribution is 0.0988. The van der Waals surface area contributed by atoms with Crippen LogP contribution in [0.15, 0.2) is 95.9 Å². The number of rotatable bonds is 6. The first-order chi connectivity index (χ1) is 19.8. The topological polar surface area (TPSA) is 96.0 Å². The second-order valence-corrected chi connectivity index (χ2v) is 12.1. The normalized spacial score (nSPS) is 15.8. The maximum Gasteiger partial charge on any atom is 0.264 e. The van der Waals surface area contributed by atoms with Crippen LogP contribution in [0.5, 0.6) is 5.75 Å². The molecule has 4 aromatic carbocycles. The van der Waals surface area contributed by atoms with E-state index in [4.69, 9.17) is 4.74 Å². The van der Waals surface area contributed by atoms with Crippen molar-refractivity contribution in [3.8, 4) is 5.75 Å². The van der Waals surface area contributed by atoms with Gasteiger partial charge in [-0.1, -0.05) is 24.3 Å². The average molecular weight is 568 g/mol. The Balaban J connectivity index is 1.21. The molecule has 2 heterocycles. The Kier molecular flexibility index (Phi) is 6.75. The molecule has 0 bridgehead atoms. The highest BCUT2D eigenvalue weighted by Gasteiger charge is 2.36. The van der Waals surface area contributed by atoms with Gasteiger partial charge in [0.1, 0.15) is 5.75 Å². The van der Waals surface area contributed by atoms with Gasteiger partial charge in [-0.25, -0.2) is 8.42 Å². The van der Waals surface area contributed by atoms with Gasteiger partial charge in [-0.05, 0) is 97.6 Å². The molecule has 0 radical (unpaired) electrons. The highest BCUT2D eigenvalue weighted by atomic mass is 32.2. The molecule has 0 unspecified atom stereocenters. The number of fused-ring (bicyclic) bond motifs is 2. The lowest BCUT2D eigenvalue weighted by Gasteiger charge is -2.24. The number of carbonyl (C=O) groups is 2. The van der Waals surface area contributed by atoms with Crippen molar-refractivity contribution in [3.63, 3.8) is 0 Å². The number of hydrogen-bond acceptors (Lipinski definition) is 5. The number of anilines is 3. The van der Waals surface area contributed by atoms with E-state index in [0.29, 0.717) is 41.2 Å². The van der Waals surface area contributed by atoms with Gasteiger partial charge in [0.15, 0.2) is 0 Å². The van der Waals surface area contributed by atoms with Gasteiger partial charge < -0.3 is 15.0 Å². The van der Waals surface area contributed by atoms with Gasteiger partial charge in [-0.3, -0.25) is 13.9 Å². The zero-order valence-electron chi connectivity index (χ0n) is 22.7. The number of sulfonamides is 1. The first kappa shape index (κ1) is 26.6. The summed E-state index contributed by atoms with van der Waals surface area (Å²) < 4.78 is 33.4.